The number of carbonyl (C=O) groups excluding carboxylic acids is 1. The van der Waals surface area contributed by atoms with Gasteiger partial charge >= 0.3 is 5.97 Å². The fourth-order valence-corrected chi connectivity index (χ4v) is 1.94. The van der Waals surface area contributed by atoms with Crippen molar-refractivity contribution in [2.24, 2.45) is 5.16 Å². The molecule has 0 aromatic heterocycles. The Morgan fingerprint density at radius 3 is 2.44 bits per heavy atom. The molecule has 0 spiro atoms. The standard InChI is InChI=1S/C10H9Br2NO3/c1-6(14)16-10(12)9(13-15)7-2-4-8(11)5-3-7/h2-5,10,15H,1H3/b13-9+. The number of oxime groups is 1. The van der Waals surface area contributed by atoms with Crippen LogP contribution in [0.3, 0.4) is 0 Å². The van der Waals surface area contributed by atoms with E-state index in [2.05, 4.69) is 37.0 Å². The van der Waals surface area contributed by atoms with Crippen molar-refractivity contribution in [3.63, 3.8) is 0 Å². The van der Waals surface area contributed by atoms with Crippen molar-refractivity contribution in [2.45, 2.75) is 11.9 Å². The van der Waals surface area contributed by atoms with Gasteiger partial charge in [0.15, 0.2) is 0 Å². The zero-order chi connectivity index (χ0) is 12.1. The van der Waals surface area contributed by atoms with E-state index >= 15 is 0 Å². The number of carbonyl (C=O) groups is 1. The molecule has 0 heterocycles. The number of nitrogens with zero attached hydrogens (tertiary/aromatic N) is 1. The van der Waals surface area contributed by atoms with E-state index < -0.39 is 11.0 Å². The third-order valence-corrected chi connectivity index (χ3v) is 2.88. The Morgan fingerprint density at radius 2 is 2.00 bits per heavy atom. The highest BCUT2D eigenvalue weighted by Crippen LogP contribution is 2.16. The fraction of sp³-hybridized carbons (Fsp3) is 0.200. The summed E-state index contributed by atoms with van der Waals surface area (Å²) in [5.41, 5.74) is 0.900. The summed E-state index contributed by atoms with van der Waals surface area (Å²) >= 11 is 6.41. The van der Waals surface area contributed by atoms with Gasteiger partial charge in [-0.25, -0.2) is 0 Å². The molecule has 0 aliphatic heterocycles. The number of hydrogen-bond donors (Lipinski definition) is 1. The Bertz CT molecular complexity index is 403. The number of ether oxygens (including phenoxy) is 1. The summed E-state index contributed by atoms with van der Waals surface area (Å²) < 4.78 is 5.77. The fourth-order valence-electron chi connectivity index (χ4n) is 1.06. The maximum atomic E-state index is 10.8. The van der Waals surface area contributed by atoms with Crippen molar-refractivity contribution in [1.82, 2.24) is 0 Å². The van der Waals surface area contributed by atoms with E-state index in [9.17, 15) is 4.79 Å². The maximum absolute atomic E-state index is 10.8. The van der Waals surface area contributed by atoms with Gasteiger partial charge in [0.1, 0.15) is 5.71 Å². The van der Waals surface area contributed by atoms with Gasteiger partial charge in [-0.3, -0.25) is 4.79 Å². The summed E-state index contributed by atoms with van der Waals surface area (Å²) in [5.74, 6) is -0.458. The first-order chi connectivity index (χ1) is 7.54. The molecule has 1 aromatic rings. The summed E-state index contributed by atoms with van der Waals surface area (Å²) in [6.45, 7) is 1.28. The van der Waals surface area contributed by atoms with Crippen LogP contribution in [0.2, 0.25) is 0 Å². The lowest BCUT2D eigenvalue weighted by atomic mass is 10.1. The predicted octanol–water partition coefficient (Wildman–Crippen LogP) is 2.91. The van der Waals surface area contributed by atoms with Crippen molar-refractivity contribution in [2.75, 3.05) is 0 Å². The van der Waals surface area contributed by atoms with Gasteiger partial charge in [0.25, 0.3) is 0 Å². The Hall–Kier alpha value is -0.880. The minimum Gasteiger partial charge on any atom is -0.444 e. The van der Waals surface area contributed by atoms with Crippen molar-refractivity contribution in [3.8, 4) is 0 Å². The number of halogens is 2. The Balaban J connectivity index is 2.91. The molecule has 1 N–H and O–H groups in total. The van der Waals surface area contributed by atoms with Crippen LogP contribution < -0.4 is 0 Å². The normalized spacial score (nSPS) is 13.3. The monoisotopic (exact) mass is 349 g/mol. The first kappa shape index (κ1) is 13.2. The Kier molecular flexibility index (Phi) is 4.95. The third-order valence-electron chi connectivity index (χ3n) is 1.73. The van der Waals surface area contributed by atoms with E-state index in [1.807, 2.05) is 0 Å². The van der Waals surface area contributed by atoms with E-state index in [0.29, 0.717) is 5.56 Å². The average molecular weight is 351 g/mol. The highest BCUT2D eigenvalue weighted by atomic mass is 79.9. The van der Waals surface area contributed by atoms with Crippen molar-refractivity contribution in [3.05, 3.63) is 34.3 Å². The summed E-state index contributed by atoms with van der Waals surface area (Å²) in [4.78, 5) is 10.8. The van der Waals surface area contributed by atoms with Gasteiger partial charge in [0, 0.05) is 17.0 Å². The smallest absolute Gasteiger partial charge is 0.304 e. The lowest BCUT2D eigenvalue weighted by Gasteiger charge is -2.11. The van der Waals surface area contributed by atoms with Gasteiger partial charge in [-0.1, -0.05) is 33.2 Å². The van der Waals surface area contributed by atoms with Gasteiger partial charge in [0.2, 0.25) is 5.01 Å². The molecule has 1 unspecified atom stereocenters. The molecular weight excluding hydrogens is 342 g/mol. The molecule has 4 nitrogen and oxygen atoms in total. The van der Waals surface area contributed by atoms with E-state index in [0.717, 1.165) is 4.47 Å². The van der Waals surface area contributed by atoms with Crippen LogP contribution in [0.1, 0.15) is 12.5 Å². The molecule has 16 heavy (non-hydrogen) atoms. The molecule has 0 amide bonds. The van der Waals surface area contributed by atoms with Gasteiger partial charge < -0.3 is 9.94 Å². The maximum Gasteiger partial charge on any atom is 0.304 e. The SMILES string of the molecule is CC(=O)OC(Br)/C(=N/O)c1ccc(Br)cc1. The van der Waals surface area contributed by atoms with Crippen LogP contribution in [0.4, 0.5) is 0 Å². The molecule has 6 heteroatoms. The van der Waals surface area contributed by atoms with Crippen LogP contribution in [-0.2, 0) is 9.53 Å². The van der Waals surface area contributed by atoms with Crippen LogP contribution in [0.5, 0.6) is 0 Å². The van der Waals surface area contributed by atoms with Crippen LogP contribution in [-0.4, -0.2) is 21.9 Å². The van der Waals surface area contributed by atoms with Gasteiger partial charge in [-0.2, -0.15) is 0 Å². The molecule has 0 aliphatic carbocycles. The molecule has 1 atom stereocenters. The highest BCUT2D eigenvalue weighted by Gasteiger charge is 2.18. The van der Waals surface area contributed by atoms with Crippen molar-refractivity contribution >= 4 is 43.5 Å². The minimum absolute atomic E-state index is 0.239. The second-order valence-electron chi connectivity index (χ2n) is 2.92. The lowest BCUT2D eigenvalue weighted by Crippen LogP contribution is -2.21. The third kappa shape index (κ3) is 3.61. The number of alkyl halides is 1. The van der Waals surface area contributed by atoms with Gasteiger partial charge in [-0.05, 0) is 28.1 Å². The van der Waals surface area contributed by atoms with E-state index in [4.69, 9.17) is 9.94 Å². The molecule has 0 radical (unpaired) electrons. The molecule has 1 aromatic carbocycles. The van der Waals surface area contributed by atoms with E-state index in [1.165, 1.54) is 6.92 Å². The second-order valence-corrected chi connectivity index (χ2v) is 4.66. The summed E-state index contributed by atoms with van der Waals surface area (Å²) in [5, 5.41) is 11.2. The Morgan fingerprint density at radius 1 is 1.44 bits per heavy atom. The molecule has 0 saturated heterocycles. The van der Waals surface area contributed by atoms with Gasteiger partial charge in [0.05, 0.1) is 0 Å². The lowest BCUT2D eigenvalue weighted by molar-refractivity contribution is -0.140. The molecular formula is C10H9Br2NO3. The number of rotatable bonds is 3. The molecule has 0 aliphatic rings. The minimum atomic E-state index is -0.767. The summed E-state index contributed by atoms with van der Waals surface area (Å²) in [7, 11) is 0. The van der Waals surface area contributed by atoms with Crippen molar-refractivity contribution in [1.29, 1.82) is 0 Å². The predicted molar refractivity (Wildman–Crippen MR) is 66.9 cm³/mol. The Labute approximate surface area is 110 Å². The topological polar surface area (TPSA) is 58.9 Å². The molecule has 86 valence electrons. The zero-order valence-electron chi connectivity index (χ0n) is 8.35. The van der Waals surface area contributed by atoms with E-state index in [1.54, 1.807) is 24.3 Å². The number of esters is 1. The summed E-state index contributed by atoms with van der Waals surface area (Å²) in [6, 6.07) is 7.09. The number of benzene rings is 1. The first-order valence-electron chi connectivity index (χ1n) is 4.33. The van der Waals surface area contributed by atoms with Crippen LogP contribution in [0.15, 0.2) is 33.9 Å². The van der Waals surface area contributed by atoms with Crippen LogP contribution >= 0.6 is 31.9 Å². The summed E-state index contributed by atoms with van der Waals surface area (Å²) in [6.07, 6.45) is 0. The largest absolute Gasteiger partial charge is 0.444 e. The molecule has 1 rings (SSSR count). The molecule has 0 fully saturated rings. The first-order valence-corrected chi connectivity index (χ1v) is 6.04. The quantitative estimate of drug-likeness (QED) is 0.300. The molecule has 0 saturated carbocycles. The van der Waals surface area contributed by atoms with Crippen LogP contribution in [0.25, 0.3) is 0 Å². The highest BCUT2D eigenvalue weighted by molar-refractivity contribution is 9.10. The van der Waals surface area contributed by atoms with Crippen molar-refractivity contribution < 1.29 is 14.7 Å². The zero-order valence-corrected chi connectivity index (χ0v) is 11.5. The molecule has 0 bridgehead atoms. The van der Waals surface area contributed by atoms with E-state index in [-0.39, 0.29) is 5.71 Å². The second kappa shape index (κ2) is 6.00. The van der Waals surface area contributed by atoms with Crippen LogP contribution in [0, 0.1) is 0 Å². The number of hydrogen-bond acceptors (Lipinski definition) is 4. The van der Waals surface area contributed by atoms with Gasteiger partial charge in [-0.15, -0.1) is 0 Å². The average Bonchev–Trinajstić information content (AvgIpc) is 2.21.